The number of fused-ring (bicyclic) bond motifs is 1. The second-order valence-corrected chi connectivity index (χ2v) is 14.3. The molecular weight excluding hydrogens is 690 g/mol. The monoisotopic (exact) mass is 739 g/mol. The van der Waals surface area contributed by atoms with Crippen LogP contribution in [0.15, 0.2) is 24.3 Å². The molecule has 4 fully saturated rings. The molecule has 5 aliphatic rings. The predicted molar refractivity (Wildman–Crippen MR) is 174 cm³/mol. The second kappa shape index (κ2) is 16.8. The zero-order valence-electron chi connectivity index (χ0n) is 28.8. The number of hydrogen-bond acceptors (Lipinski definition) is 15. The van der Waals surface area contributed by atoms with Crippen LogP contribution in [-0.4, -0.2) is 164 Å². The van der Waals surface area contributed by atoms with Gasteiger partial charge in [0, 0.05) is 6.61 Å². The van der Waals surface area contributed by atoms with E-state index in [9.17, 15) is 50.1 Å². The molecule has 3 saturated heterocycles. The Morgan fingerprint density at radius 1 is 0.827 bits per heavy atom. The molecule has 17 nitrogen and oxygen atoms in total. The molecule has 4 heterocycles. The average molecular weight is 740 g/mol. The van der Waals surface area contributed by atoms with Crippen LogP contribution in [-0.2, 0) is 33.2 Å². The summed E-state index contributed by atoms with van der Waals surface area (Å²) in [5.41, 5.74) is 0.402. The van der Waals surface area contributed by atoms with E-state index in [1.165, 1.54) is 19.1 Å². The van der Waals surface area contributed by atoms with Crippen molar-refractivity contribution in [3.05, 3.63) is 35.4 Å². The van der Waals surface area contributed by atoms with Crippen LogP contribution in [0.2, 0.25) is 0 Å². The summed E-state index contributed by atoms with van der Waals surface area (Å²) in [7, 11) is 0. The fourth-order valence-corrected chi connectivity index (χ4v) is 7.81. The highest BCUT2D eigenvalue weighted by atomic mass is 16.7. The zero-order chi connectivity index (χ0) is 37.3. The molecule has 6 rings (SSSR count). The molecule has 0 radical (unpaired) electrons. The highest BCUT2D eigenvalue weighted by Gasteiger charge is 2.52. The van der Waals surface area contributed by atoms with Gasteiger partial charge in [0.25, 0.3) is 11.8 Å². The molecule has 4 aliphatic heterocycles. The number of amides is 2. The summed E-state index contributed by atoms with van der Waals surface area (Å²) in [6.45, 7) is 0.397. The van der Waals surface area contributed by atoms with Gasteiger partial charge < -0.3 is 64.2 Å². The van der Waals surface area contributed by atoms with Crippen LogP contribution in [0.1, 0.15) is 72.6 Å². The quantitative estimate of drug-likeness (QED) is 0.126. The van der Waals surface area contributed by atoms with Crippen LogP contribution in [0, 0.1) is 5.92 Å². The van der Waals surface area contributed by atoms with Crippen molar-refractivity contribution in [2.45, 2.75) is 138 Å². The van der Waals surface area contributed by atoms with Crippen LogP contribution < -0.4 is 0 Å². The van der Waals surface area contributed by atoms with Gasteiger partial charge >= 0.3 is 5.97 Å². The maximum Gasteiger partial charge on any atom is 0.332 e. The third-order valence-corrected chi connectivity index (χ3v) is 10.8. The number of aliphatic carboxylic acids is 1. The summed E-state index contributed by atoms with van der Waals surface area (Å²) >= 11 is 0. The maximum atomic E-state index is 13.3. The third kappa shape index (κ3) is 8.06. The molecule has 1 saturated carbocycles. The Morgan fingerprint density at radius 2 is 1.48 bits per heavy atom. The van der Waals surface area contributed by atoms with E-state index >= 15 is 0 Å². The van der Waals surface area contributed by atoms with Gasteiger partial charge in [-0.1, -0.05) is 44.2 Å². The Morgan fingerprint density at radius 3 is 2.12 bits per heavy atom. The van der Waals surface area contributed by atoms with Crippen molar-refractivity contribution < 1.29 is 78.6 Å². The van der Waals surface area contributed by atoms with Crippen LogP contribution in [0.5, 0.6) is 0 Å². The molecule has 14 atom stereocenters. The van der Waals surface area contributed by atoms with Crippen molar-refractivity contribution in [3.8, 4) is 0 Å². The minimum Gasteiger partial charge on any atom is -0.479 e. The number of carbonyl (C=O) groups is 3. The number of carboxylic acid groups (broad SMARTS) is 1. The van der Waals surface area contributed by atoms with Gasteiger partial charge in [0.15, 0.2) is 18.7 Å². The summed E-state index contributed by atoms with van der Waals surface area (Å²) in [5.74, 6) is -2.32. The molecule has 52 heavy (non-hydrogen) atoms. The number of rotatable bonds is 12. The Hall–Kier alpha value is -2.65. The van der Waals surface area contributed by atoms with Gasteiger partial charge in [0.1, 0.15) is 54.9 Å². The Bertz CT molecular complexity index is 1370. The third-order valence-electron chi connectivity index (χ3n) is 10.8. The summed E-state index contributed by atoms with van der Waals surface area (Å²) in [6.07, 6.45) is -15.2. The summed E-state index contributed by atoms with van der Waals surface area (Å²) in [5, 5.41) is 74.2. The lowest BCUT2D eigenvalue weighted by Crippen LogP contribution is -2.64. The van der Waals surface area contributed by atoms with E-state index in [1.807, 2.05) is 0 Å². The standard InChI is InChI=1S/C35H49NO16/c1-16-24(38)26(40)27(41)34(48-16)52-29-20(11-12-47-22(29)14-36-31(43)18-9-5-6-10-19(18)32(36)44)50-35-28(42)30(25(39)23(15-37)51-35)49-21(33(45)46)13-17-7-3-2-4-8-17/h5-6,9-10,16-17,20-30,34-35,37-42H,2-4,7-8,11-15H2,1H3,(H,45,46)/t16-,20+,21?,22+,23+,24+,25-,26+,27-,28+,29?,30-,34?,35+/m0/s1. The van der Waals surface area contributed by atoms with Gasteiger partial charge in [0.2, 0.25) is 0 Å². The van der Waals surface area contributed by atoms with E-state index in [-0.39, 0.29) is 43.0 Å². The molecule has 2 amide bonds. The summed E-state index contributed by atoms with van der Waals surface area (Å²) in [4.78, 5) is 39.8. The number of ether oxygens (including phenoxy) is 6. The van der Waals surface area contributed by atoms with Crippen molar-refractivity contribution in [3.63, 3.8) is 0 Å². The Balaban J connectivity index is 1.24. The highest BCUT2D eigenvalue weighted by Crippen LogP contribution is 2.35. The van der Waals surface area contributed by atoms with Crippen LogP contribution in [0.3, 0.4) is 0 Å². The number of carbonyl (C=O) groups excluding carboxylic acids is 2. The van der Waals surface area contributed by atoms with Crippen molar-refractivity contribution >= 4 is 17.8 Å². The molecule has 7 N–H and O–H groups in total. The number of aliphatic hydroxyl groups excluding tert-OH is 6. The van der Waals surface area contributed by atoms with Crippen molar-refractivity contribution in [1.29, 1.82) is 0 Å². The highest BCUT2D eigenvalue weighted by molar-refractivity contribution is 6.21. The Labute approximate surface area is 299 Å². The molecule has 290 valence electrons. The van der Waals surface area contributed by atoms with E-state index in [0.29, 0.717) is 0 Å². The minimum absolute atomic E-state index is 0.00144. The topological polar surface area (TPSA) is 251 Å². The SMILES string of the molecule is C[C@@H]1OC(OC2[C@@H](CN3C(=O)c4ccccc4C3=O)OCC[C@H]2O[C@@H]2O[C@H](CO)[C@H](O)[C@H](OC(CC3CCCCC3)C(=O)O)[C@H]2O)[C@@H](O)[C@H](O)[C@@H]1O. The lowest BCUT2D eigenvalue weighted by atomic mass is 9.85. The van der Waals surface area contributed by atoms with Gasteiger partial charge in [-0.2, -0.15) is 0 Å². The van der Waals surface area contributed by atoms with Gasteiger partial charge in [-0.15, -0.1) is 0 Å². The number of imide groups is 1. The number of nitrogens with zero attached hydrogens (tertiary/aromatic N) is 1. The van der Waals surface area contributed by atoms with Gasteiger partial charge in [-0.3, -0.25) is 14.5 Å². The van der Waals surface area contributed by atoms with E-state index in [4.69, 9.17) is 28.4 Å². The first kappa shape index (κ1) is 39.1. The predicted octanol–water partition coefficient (Wildman–Crippen LogP) is -1.08. The van der Waals surface area contributed by atoms with E-state index < -0.39 is 110 Å². The molecule has 0 bridgehead atoms. The fourth-order valence-electron chi connectivity index (χ4n) is 7.81. The Kier molecular flexibility index (Phi) is 12.6. The number of hydrogen-bond donors (Lipinski definition) is 7. The van der Waals surface area contributed by atoms with Crippen molar-refractivity contribution in [2.75, 3.05) is 19.8 Å². The van der Waals surface area contributed by atoms with Gasteiger partial charge in [-0.05, 0) is 37.8 Å². The molecule has 0 spiro atoms. The molecular formula is C35H49NO16. The molecule has 1 aromatic carbocycles. The molecule has 17 heteroatoms. The number of carboxylic acids is 1. The van der Waals surface area contributed by atoms with E-state index in [2.05, 4.69) is 0 Å². The lowest BCUT2D eigenvalue weighted by molar-refractivity contribution is -0.355. The number of aliphatic hydroxyl groups is 6. The first-order valence-electron chi connectivity index (χ1n) is 18.0. The summed E-state index contributed by atoms with van der Waals surface area (Å²) < 4.78 is 35.8. The normalized spacial score (nSPS) is 39.4. The maximum absolute atomic E-state index is 13.3. The smallest absolute Gasteiger partial charge is 0.332 e. The van der Waals surface area contributed by atoms with E-state index in [1.54, 1.807) is 12.1 Å². The van der Waals surface area contributed by atoms with Gasteiger partial charge in [-0.25, -0.2) is 4.79 Å². The fraction of sp³-hybridized carbons (Fsp3) is 0.743. The first-order valence-corrected chi connectivity index (χ1v) is 18.0. The van der Waals surface area contributed by atoms with Gasteiger partial charge in [0.05, 0.1) is 36.5 Å². The lowest BCUT2D eigenvalue weighted by Gasteiger charge is -2.47. The van der Waals surface area contributed by atoms with E-state index in [0.717, 1.165) is 37.0 Å². The molecule has 1 aromatic rings. The largest absolute Gasteiger partial charge is 0.479 e. The summed E-state index contributed by atoms with van der Waals surface area (Å²) in [6, 6.07) is 6.30. The first-order chi connectivity index (χ1) is 24.9. The van der Waals surface area contributed by atoms with Crippen molar-refractivity contribution in [1.82, 2.24) is 4.90 Å². The second-order valence-electron chi connectivity index (χ2n) is 14.3. The molecule has 3 unspecified atom stereocenters. The van der Waals surface area contributed by atoms with Crippen LogP contribution >= 0.6 is 0 Å². The van der Waals surface area contributed by atoms with Crippen molar-refractivity contribution in [2.24, 2.45) is 5.92 Å². The molecule has 0 aromatic heterocycles. The average Bonchev–Trinajstić information content (AvgIpc) is 3.38. The number of benzene rings is 1. The molecule has 1 aliphatic carbocycles. The zero-order valence-corrected chi connectivity index (χ0v) is 28.8. The van der Waals surface area contributed by atoms with Crippen LogP contribution in [0.25, 0.3) is 0 Å². The minimum atomic E-state index is -1.77. The van der Waals surface area contributed by atoms with Crippen LogP contribution in [0.4, 0.5) is 0 Å².